The molecule has 0 unspecified atom stereocenters. The summed E-state index contributed by atoms with van der Waals surface area (Å²) in [6.07, 6.45) is -0.411. The third kappa shape index (κ3) is 3.05. The van der Waals surface area contributed by atoms with Gasteiger partial charge in [-0.3, -0.25) is 0 Å². The highest BCUT2D eigenvalue weighted by molar-refractivity contribution is 9.10. The molecule has 1 amide bonds. The molecule has 0 saturated carbocycles. The van der Waals surface area contributed by atoms with E-state index in [0.29, 0.717) is 26.2 Å². The fraction of sp³-hybridized carbons (Fsp3) is 0.857. The van der Waals surface area contributed by atoms with Gasteiger partial charge in [0.1, 0.15) is 4.66 Å². The summed E-state index contributed by atoms with van der Waals surface area (Å²) >= 11 is 2.93. The van der Waals surface area contributed by atoms with Gasteiger partial charge in [0.2, 0.25) is 10.0 Å². The number of alkyl halides is 1. The average Bonchev–Trinajstić information content (AvgIpc) is 2.28. The average molecular weight is 301 g/mol. The number of hydrogen-bond acceptors (Lipinski definition) is 4. The van der Waals surface area contributed by atoms with Crippen molar-refractivity contribution < 1.29 is 17.9 Å². The third-order valence-corrected chi connectivity index (χ3v) is 5.37. The third-order valence-electron chi connectivity index (χ3n) is 2.20. The Balaban J connectivity index is 2.53. The lowest BCUT2D eigenvalue weighted by Gasteiger charge is -2.32. The Hall–Kier alpha value is -0.340. The molecule has 0 radical (unpaired) electrons. The number of rotatable bonds is 2. The summed E-state index contributed by atoms with van der Waals surface area (Å²) in [4.78, 5) is 12.6. The van der Waals surface area contributed by atoms with Crippen LogP contribution in [0.4, 0.5) is 4.79 Å². The van der Waals surface area contributed by atoms with Crippen molar-refractivity contribution in [3.05, 3.63) is 0 Å². The number of halogens is 1. The Kier molecular flexibility index (Phi) is 4.35. The fourth-order valence-electron chi connectivity index (χ4n) is 1.35. The van der Waals surface area contributed by atoms with Crippen molar-refractivity contribution >= 4 is 32.0 Å². The Morgan fingerprint density at radius 3 is 2.27 bits per heavy atom. The summed E-state index contributed by atoms with van der Waals surface area (Å²) in [6.45, 7) is 1.39. The number of ether oxygens (including phenoxy) is 1. The van der Waals surface area contributed by atoms with E-state index in [1.165, 1.54) is 16.3 Å². The lowest BCUT2D eigenvalue weighted by atomic mass is 10.4. The van der Waals surface area contributed by atoms with Gasteiger partial charge in [-0.2, -0.15) is 4.31 Å². The van der Waals surface area contributed by atoms with Crippen LogP contribution in [-0.2, 0) is 14.8 Å². The Morgan fingerprint density at radius 2 is 1.87 bits per heavy atom. The molecule has 0 aromatic carbocycles. The van der Waals surface area contributed by atoms with Gasteiger partial charge in [0.15, 0.2) is 0 Å². The second-order valence-electron chi connectivity index (χ2n) is 3.08. The number of sulfonamides is 1. The van der Waals surface area contributed by atoms with Gasteiger partial charge in [-0.15, -0.1) is 0 Å². The van der Waals surface area contributed by atoms with Crippen LogP contribution in [0.15, 0.2) is 0 Å². The summed E-state index contributed by atoms with van der Waals surface area (Å²) in [7, 11) is -1.90. The minimum absolute atomic E-state index is 0.0851. The van der Waals surface area contributed by atoms with E-state index >= 15 is 0 Å². The van der Waals surface area contributed by atoms with Crippen molar-refractivity contribution in [2.75, 3.05) is 38.0 Å². The summed E-state index contributed by atoms with van der Waals surface area (Å²) in [5.74, 6) is 0. The van der Waals surface area contributed by atoms with E-state index in [9.17, 15) is 13.2 Å². The van der Waals surface area contributed by atoms with Gasteiger partial charge in [-0.1, -0.05) is 15.9 Å². The molecule has 0 spiro atoms. The number of piperazine rings is 1. The molecule has 1 fully saturated rings. The highest BCUT2D eigenvalue weighted by Gasteiger charge is 2.28. The predicted molar refractivity (Wildman–Crippen MR) is 58.3 cm³/mol. The summed E-state index contributed by atoms with van der Waals surface area (Å²) in [5, 5.41) is 0. The predicted octanol–water partition coefficient (Wildman–Crippen LogP) is 0.0526. The van der Waals surface area contributed by atoms with Crippen molar-refractivity contribution in [3.8, 4) is 0 Å². The molecular formula is C7H13BrN2O4S. The molecule has 0 bridgehead atoms. The van der Waals surface area contributed by atoms with Crippen LogP contribution in [0.1, 0.15) is 0 Å². The highest BCUT2D eigenvalue weighted by atomic mass is 79.9. The normalized spacial score (nSPS) is 18.9. The summed E-state index contributed by atoms with van der Waals surface area (Å²) < 4.78 is 28.7. The Labute approximate surface area is 97.3 Å². The monoisotopic (exact) mass is 300 g/mol. The standard InChI is InChI=1S/C7H13BrN2O4S/c1-14-7(11)9-2-4-10(5-3-9)15(12,13)6-8/h2-6H2,1H3. The molecule has 0 N–H and O–H groups in total. The maximum absolute atomic E-state index is 11.4. The number of carbonyl (C=O) groups is 1. The minimum atomic E-state index is -3.21. The van der Waals surface area contributed by atoms with E-state index < -0.39 is 16.1 Å². The van der Waals surface area contributed by atoms with Crippen LogP contribution in [0.3, 0.4) is 0 Å². The summed E-state index contributed by atoms with van der Waals surface area (Å²) in [5.41, 5.74) is 0. The lowest BCUT2D eigenvalue weighted by molar-refractivity contribution is 0.108. The SMILES string of the molecule is COC(=O)N1CCN(S(=O)(=O)CBr)CC1. The molecule has 6 nitrogen and oxygen atoms in total. The first-order valence-electron chi connectivity index (χ1n) is 4.38. The van der Waals surface area contributed by atoms with Crippen LogP contribution in [0.5, 0.6) is 0 Å². The van der Waals surface area contributed by atoms with Crippen molar-refractivity contribution in [2.24, 2.45) is 0 Å². The topological polar surface area (TPSA) is 66.9 Å². The molecule has 8 heteroatoms. The van der Waals surface area contributed by atoms with Gasteiger partial charge >= 0.3 is 6.09 Å². The van der Waals surface area contributed by atoms with Crippen LogP contribution in [0, 0.1) is 0 Å². The Bertz CT molecular complexity index is 324. The molecule has 0 aromatic heterocycles. The molecule has 1 rings (SSSR count). The highest BCUT2D eigenvalue weighted by Crippen LogP contribution is 2.10. The second kappa shape index (κ2) is 5.13. The number of amides is 1. The first-order chi connectivity index (χ1) is 7.01. The van der Waals surface area contributed by atoms with Crippen molar-refractivity contribution in [1.82, 2.24) is 9.21 Å². The zero-order valence-electron chi connectivity index (χ0n) is 8.35. The largest absolute Gasteiger partial charge is 0.453 e. The maximum Gasteiger partial charge on any atom is 0.409 e. The van der Waals surface area contributed by atoms with E-state index in [1.807, 2.05) is 0 Å². The van der Waals surface area contributed by atoms with Crippen LogP contribution in [0.2, 0.25) is 0 Å². The number of methoxy groups -OCH3 is 1. The molecular weight excluding hydrogens is 288 g/mol. The molecule has 1 aliphatic rings. The van der Waals surface area contributed by atoms with Crippen LogP contribution >= 0.6 is 15.9 Å². The van der Waals surface area contributed by atoms with E-state index in [2.05, 4.69) is 20.7 Å². The first-order valence-corrected chi connectivity index (χ1v) is 7.11. The van der Waals surface area contributed by atoms with Crippen molar-refractivity contribution in [3.63, 3.8) is 0 Å². The van der Waals surface area contributed by atoms with Gasteiger partial charge in [-0.25, -0.2) is 13.2 Å². The molecule has 15 heavy (non-hydrogen) atoms. The second-order valence-corrected chi connectivity index (χ2v) is 6.35. The molecule has 0 aliphatic carbocycles. The Morgan fingerprint density at radius 1 is 1.33 bits per heavy atom. The van der Waals surface area contributed by atoms with E-state index in [0.717, 1.165) is 0 Å². The smallest absolute Gasteiger partial charge is 0.409 e. The number of carbonyl (C=O) groups excluding carboxylic acids is 1. The number of hydrogen-bond donors (Lipinski definition) is 0. The van der Waals surface area contributed by atoms with Gasteiger partial charge in [0.05, 0.1) is 7.11 Å². The van der Waals surface area contributed by atoms with E-state index in [4.69, 9.17) is 0 Å². The van der Waals surface area contributed by atoms with Gasteiger partial charge in [-0.05, 0) is 0 Å². The van der Waals surface area contributed by atoms with Gasteiger partial charge in [0.25, 0.3) is 0 Å². The molecule has 1 heterocycles. The molecule has 1 aliphatic heterocycles. The van der Waals surface area contributed by atoms with E-state index in [1.54, 1.807) is 0 Å². The summed E-state index contributed by atoms with van der Waals surface area (Å²) in [6, 6.07) is 0. The van der Waals surface area contributed by atoms with Crippen LogP contribution in [0.25, 0.3) is 0 Å². The number of nitrogens with zero attached hydrogens (tertiary/aromatic N) is 2. The van der Waals surface area contributed by atoms with Crippen molar-refractivity contribution in [2.45, 2.75) is 0 Å². The van der Waals surface area contributed by atoms with Crippen LogP contribution < -0.4 is 0 Å². The zero-order chi connectivity index (χ0) is 11.5. The quantitative estimate of drug-likeness (QED) is 0.676. The minimum Gasteiger partial charge on any atom is -0.453 e. The van der Waals surface area contributed by atoms with Crippen LogP contribution in [-0.4, -0.2) is 61.7 Å². The first kappa shape index (κ1) is 12.7. The van der Waals surface area contributed by atoms with Gasteiger partial charge in [0, 0.05) is 26.2 Å². The molecule has 0 atom stereocenters. The fourth-order valence-corrected chi connectivity index (χ4v) is 3.07. The maximum atomic E-state index is 11.4. The molecule has 88 valence electrons. The molecule has 0 aromatic rings. The molecule has 1 saturated heterocycles. The van der Waals surface area contributed by atoms with E-state index in [-0.39, 0.29) is 4.66 Å². The lowest BCUT2D eigenvalue weighted by Crippen LogP contribution is -2.50. The zero-order valence-corrected chi connectivity index (χ0v) is 10.8. The van der Waals surface area contributed by atoms with Gasteiger partial charge < -0.3 is 9.64 Å². The van der Waals surface area contributed by atoms with Crippen molar-refractivity contribution in [1.29, 1.82) is 0 Å².